The third kappa shape index (κ3) is 5.69. The van der Waals surface area contributed by atoms with Crippen molar-refractivity contribution in [2.45, 2.75) is 6.92 Å². The summed E-state index contributed by atoms with van der Waals surface area (Å²) in [6.07, 6.45) is 1.49. The number of halogens is 1. The number of hydrogen-bond donors (Lipinski definition) is 1. The van der Waals surface area contributed by atoms with E-state index in [-0.39, 0.29) is 12.5 Å². The van der Waals surface area contributed by atoms with E-state index in [1.165, 1.54) is 6.21 Å². The number of carbonyl (C=O) groups excluding carboxylic acids is 1. The molecule has 25 heavy (non-hydrogen) atoms. The van der Waals surface area contributed by atoms with E-state index in [1.54, 1.807) is 43.5 Å². The van der Waals surface area contributed by atoms with Gasteiger partial charge in [-0.15, -0.1) is 0 Å². The summed E-state index contributed by atoms with van der Waals surface area (Å²) in [5.41, 5.74) is 1.28. The van der Waals surface area contributed by atoms with Crippen molar-refractivity contribution in [1.82, 2.24) is 0 Å². The summed E-state index contributed by atoms with van der Waals surface area (Å²) >= 11 is 5.97. The van der Waals surface area contributed by atoms with Crippen molar-refractivity contribution >= 4 is 29.4 Å². The van der Waals surface area contributed by atoms with Crippen LogP contribution in [-0.2, 0) is 9.63 Å². The molecule has 7 heteroatoms. The molecule has 1 amide bonds. The molecule has 0 saturated carbocycles. The molecule has 0 bridgehead atoms. The van der Waals surface area contributed by atoms with Crippen molar-refractivity contribution in [2.24, 2.45) is 5.16 Å². The summed E-state index contributed by atoms with van der Waals surface area (Å²) in [5, 5.41) is 6.88. The first kappa shape index (κ1) is 18.6. The molecule has 0 atom stereocenters. The minimum atomic E-state index is -0.352. The molecular weight excluding hydrogens is 344 g/mol. The Kier molecular flexibility index (Phi) is 7.10. The topological polar surface area (TPSA) is 69.2 Å². The number of hydrogen-bond acceptors (Lipinski definition) is 5. The smallest absolute Gasteiger partial charge is 0.265 e. The van der Waals surface area contributed by atoms with Crippen LogP contribution in [0, 0.1) is 0 Å². The van der Waals surface area contributed by atoms with Crippen LogP contribution >= 0.6 is 11.6 Å². The number of nitrogens with one attached hydrogen (secondary N) is 1. The van der Waals surface area contributed by atoms with Crippen LogP contribution in [0.3, 0.4) is 0 Å². The lowest BCUT2D eigenvalue weighted by molar-refractivity contribution is -0.120. The molecule has 1 N–H and O–H groups in total. The van der Waals surface area contributed by atoms with Gasteiger partial charge in [0.1, 0.15) is 0 Å². The fourth-order valence-corrected chi connectivity index (χ4v) is 2.17. The highest BCUT2D eigenvalue weighted by Gasteiger charge is 2.06. The first-order valence-electron chi connectivity index (χ1n) is 7.64. The van der Waals surface area contributed by atoms with Gasteiger partial charge in [0.2, 0.25) is 0 Å². The van der Waals surface area contributed by atoms with E-state index >= 15 is 0 Å². The van der Waals surface area contributed by atoms with Gasteiger partial charge < -0.3 is 19.6 Å². The number of para-hydroxylation sites is 1. The van der Waals surface area contributed by atoms with Crippen LogP contribution in [0.5, 0.6) is 11.5 Å². The Balaban J connectivity index is 1.86. The number of amides is 1. The number of ether oxygens (including phenoxy) is 2. The zero-order valence-electron chi connectivity index (χ0n) is 14.0. The summed E-state index contributed by atoms with van der Waals surface area (Å²) in [7, 11) is 1.56. The monoisotopic (exact) mass is 362 g/mol. The average molecular weight is 363 g/mol. The number of methoxy groups -OCH3 is 1. The van der Waals surface area contributed by atoms with Gasteiger partial charge in [-0.25, -0.2) is 0 Å². The van der Waals surface area contributed by atoms with Gasteiger partial charge in [-0.05, 0) is 37.3 Å². The molecule has 2 aromatic carbocycles. The van der Waals surface area contributed by atoms with Gasteiger partial charge in [-0.3, -0.25) is 4.79 Å². The van der Waals surface area contributed by atoms with E-state index in [0.717, 1.165) is 5.56 Å². The van der Waals surface area contributed by atoms with Crippen LogP contribution < -0.4 is 14.8 Å². The molecule has 2 rings (SSSR count). The Hall–Kier alpha value is -2.73. The highest BCUT2D eigenvalue weighted by molar-refractivity contribution is 6.33. The highest BCUT2D eigenvalue weighted by Crippen LogP contribution is 2.27. The first-order chi connectivity index (χ1) is 12.1. The van der Waals surface area contributed by atoms with Crippen molar-refractivity contribution in [3.05, 3.63) is 53.1 Å². The Morgan fingerprint density at radius 1 is 1.24 bits per heavy atom. The van der Waals surface area contributed by atoms with Crippen molar-refractivity contribution in [2.75, 3.05) is 25.6 Å². The first-order valence-corrected chi connectivity index (χ1v) is 8.02. The van der Waals surface area contributed by atoms with Crippen LogP contribution in [0.1, 0.15) is 12.5 Å². The van der Waals surface area contributed by atoms with E-state index in [0.29, 0.717) is 28.8 Å². The maximum atomic E-state index is 11.8. The van der Waals surface area contributed by atoms with Gasteiger partial charge in [0.15, 0.2) is 18.1 Å². The Bertz CT molecular complexity index is 750. The predicted molar refractivity (Wildman–Crippen MR) is 97.8 cm³/mol. The van der Waals surface area contributed by atoms with E-state index in [9.17, 15) is 4.79 Å². The Labute approximate surface area is 151 Å². The second-order valence-electron chi connectivity index (χ2n) is 4.88. The van der Waals surface area contributed by atoms with Crippen molar-refractivity contribution in [3.63, 3.8) is 0 Å². The quantitative estimate of drug-likeness (QED) is 0.573. The fraction of sp³-hybridized carbons (Fsp3) is 0.222. The molecule has 0 spiro atoms. The van der Waals surface area contributed by atoms with Crippen LogP contribution in [0.4, 0.5) is 5.69 Å². The Morgan fingerprint density at radius 3 is 2.76 bits per heavy atom. The maximum Gasteiger partial charge on any atom is 0.265 e. The van der Waals surface area contributed by atoms with E-state index in [4.69, 9.17) is 25.9 Å². The zero-order chi connectivity index (χ0) is 18.1. The molecule has 0 saturated heterocycles. The predicted octanol–water partition coefficient (Wildman–Crippen LogP) is 3.74. The summed E-state index contributed by atoms with van der Waals surface area (Å²) in [5.74, 6) is 0.902. The maximum absolute atomic E-state index is 11.8. The summed E-state index contributed by atoms with van der Waals surface area (Å²) in [6, 6.07) is 12.3. The van der Waals surface area contributed by atoms with E-state index < -0.39 is 0 Å². The molecule has 6 nitrogen and oxygen atoms in total. The number of carbonyl (C=O) groups is 1. The van der Waals surface area contributed by atoms with Crippen LogP contribution in [-0.4, -0.2) is 32.4 Å². The van der Waals surface area contributed by atoms with Gasteiger partial charge in [0.25, 0.3) is 5.91 Å². The number of anilines is 1. The molecule has 0 aromatic heterocycles. The van der Waals surface area contributed by atoms with Gasteiger partial charge >= 0.3 is 0 Å². The van der Waals surface area contributed by atoms with Crippen molar-refractivity contribution < 1.29 is 19.1 Å². The standard InChI is InChI=1S/C18H19ClN2O4/c1-3-24-16-9-8-13(10-17(16)23-2)11-20-25-12-18(22)21-15-7-5-4-6-14(15)19/h4-11H,3,12H2,1-2H3,(H,21,22). The third-order valence-electron chi connectivity index (χ3n) is 3.11. The van der Waals surface area contributed by atoms with E-state index in [2.05, 4.69) is 10.5 Å². The normalized spacial score (nSPS) is 10.5. The molecule has 0 aliphatic rings. The number of nitrogens with zero attached hydrogens (tertiary/aromatic N) is 1. The second kappa shape index (κ2) is 9.54. The summed E-state index contributed by atoms with van der Waals surface area (Å²) in [6.45, 7) is 2.22. The van der Waals surface area contributed by atoms with Gasteiger partial charge in [-0.2, -0.15) is 0 Å². The van der Waals surface area contributed by atoms with Crippen LogP contribution in [0.2, 0.25) is 5.02 Å². The highest BCUT2D eigenvalue weighted by atomic mass is 35.5. The lowest BCUT2D eigenvalue weighted by Gasteiger charge is -2.09. The summed E-state index contributed by atoms with van der Waals surface area (Å²) in [4.78, 5) is 16.8. The largest absolute Gasteiger partial charge is 0.493 e. The van der Waals surface area contributed by atoms with Gasteiger partial charge in [0.05, 0.1) is 30.6 Å². The van der Waals surface area contributed by atoms with Crippen LogP contribution in [0.15, 0.2) is 47.6 Å². The molecule has 132 valence electrons. The molecule has 0 heterocycles. The molecule has 2 aromatic rings. The average Bonchev–Trinajstić information content (AvgIpc) is 2.62. The molecule has 0 radical (unpaired) electrons. The lowest BCUT2D eigenvalue weighted by atomic mass is 10.2. The minimum absolute atomic E-state index is 0.226. The summed E-state index contributed by atoms with van der Waals surface area (Å²) < 4.78 is 10.7. The van der Waals surface area contributed by atoms with Crippen molar-refractivity contribution in [3.8, 4) is 11.5 Å². The second-order valence-corrected chi connectivity index (χ2v) is 5.29. The van der Waals surface area contributed by atoms with Gasteiger partial charge in [-0.1, -0.05) is 28.9 Å². The lowest BCUT2D eigenvalue weighted by Crippen LogP contribution is -2.17. The van der Waals surface area contributed by atoms with Crippen molar-refractivity contribution in [1.29, 1.82) is 0 Å². The fourth-order valence-electron chi connectivity index (χ4n) is 1.98. The minimum Gasteiger partial charge on any atom is -0.493 e. The zero-order valence-corrected chi connectivity index (χ0v) is 14.7. The SMILES string of the molecule is CCOc1ccc(C=NOCC(=O)Nc2ccccc2Cl)cc1OC. The van der Waals surface area contributed by atoms with E-state index in [1.807, 2.05) is 13.0 Å². The van der Waals surface area contributed by atoms with Crippen LogP contribution in [0.25, 0.3) is 0 Å². The molecule has 0 aliphatic heterocycles. The van der Waals surface area contributed by atoms with Gasteiger partial charge in [0, 0.05) is 5.56 Å². The molecule has 0 fully saturated rings. The molecule has 0 aliphatic carbocycles. The number of oxime groups is 1. The molecule has 0 unspecified atom stereocenters. The third-order valence-corrected chi connectivity index (χ3v) is 3.44. The number of benzene rings is 2. The Morgan fingerprint density at radius 2 is 2.04 bits per heavy atom. The number of rotatable bonds is 8. The molecular formula is C18H19ClN2O4.